The van der Waals surface area contributed by atoms with E-state index in [1.807, 2.05) is 6.08 Å². The van der Waals surface area contributed by atoms with Crippen molar-refractivity contribution in [2.24, 2.45) is 0 Å². The summed E-state index contributed by atoms with van der Waals surface area (Å²) in [7, 11) is 0. The van der Waals surface area contributed by atoms with Gasteiger partial charge in [0, 0.05) is 0 Å². The van der Waals surface area contributed by atoms with E-state index in [0.29, 0.717) is 0 Å². The second kappa shape index (κ2) is 10.8. The van der Waals surface area contributed by atoms with Crippen LogP contribution in [0.5, 0.6) is 0 Å². The molecule has 0 heteroatoms. The monoisotopic (exact) mass is 308 g/mol. The van der Waals surface area contributed by atoms with Crippen molar-refractivity contribution in [3.8, 4) is 0 Å². The summed E-state index contributed by atoms with van der Waals surface area (Å²) in [4.78, 5) is 0. The van der Waals surface area contributed by atoms with Crippen LogP contribution in [0.3, 0.4) is 0 Å². The van der Waals surface area contributed by atoms with Gasteiger partial charge in [-0.1, -0.05) is 77.4 Å². The Labute approximate surface area is 143 Å². The average molecular weight is 309 g/mol. The molecule has 0 fully saturated rings. The third-order valence-electron chi connectivity index (χ3n) is 4.00. The summed E-state index contributed by atoms with van der Waals surface area (Å²) in [6.45, 7) is 12.6. The minimum atomic E-state index is 0.991. The largest absolute Gasteiger partial charge is 0.0988 e. The van der Waals surface area contributed by atoms with E-state index in [1.165, 1.54) is 34.3 Å². The third kappa shape index (κ3) is 9.03. The molecule has 1 rings (SSSR count). The Morgan fingerprint density at radius 2 is 1.57 bits per heavy atom. The van der Waals surface area contributed by atoms with Crippen molar-refractivity contribution in [1.29, 1.82) is 0 Å². The molecule has 0 amide bonds. The predicted molar refractivity (Wildman–Crippen MR) is 105 cm³/mol. The molecule has 0 radical (unpaired) electrons. The first-order valence-electron chi connectivity index (χ1n) is 8.67. The maximum Gasteiger partial charge on any atom is -0.00916 e. The fourth-order valence-electron chi connectivity index (χ4n) is 2.44. The molecule has 1 aromatic rings. The van der Waals surface area contributed by atoms with Crippen LogP contribution in [-0.4, -0.2) is 0 Å². The molecule has 23 heavy (non-hydrogen) atoms. The summed E-state index contributed by atoms with van der Waals surface area (Å²) in [6, 6.07) is 8.77. The van der Waals surface area contributed by atoms with Crippen LogP contribution >= 0.6 is 0 Å². The van der Waals surface area contributed by atoms with Crippen LogP contribution in [0.1, 0.15) is 57.6 Å². The highest BCUT2D eigenvalue weighted by Crippen LogP contribution is 2.14. The van der Waals surface area contributed by atoms with Gasteiger partial charge in [0.15, 0.2) is 0 Å². The summed E-state index contributed by atoms with van der Waals surface area (Å²) in [6.07, 6.45) is 14.5. The highest BCUT2D eigenvalue weighted by Gasteiger charge is 1.95. The number of benzene rings is 1. The van der Waals surface area contributed by atoms with Crippen LogP contribution in [0, 0.1) is 6.92 Å². The molecule has 0 saturated carbocycles. The van der Waals surface area contributed by atoms with Crippen molar-refractivity contribution >= 4 is 0 Å². The number of hydrogen-bond acceptors (Lipinski definition) is 0. The molecule has 0 bridgehead atoms. The highest BCUT2D eigenvalue weighted by molar-refractivity contribution is 5.26. The molecule has 0 N–H and O–H groups in total. The molecule has 0 aliphatic rings. The smallest absolute Gasteiger partial charge is 0.00916 e. The summed E-state index contributed by atoms with van der Waals surface area (Å²) >= 11 is 0. The Hall–Kier alpha value is -1.82. The number of aryl methyl sites for hydroxylation is 1. The molecule has 0 aromatic heterocycles. The van der Waals surface area contributed by atoms with E-state index < -0.39 is 0 Å². The van der Waals surface area contributed by atoms with Crippen LogP contribution in [-0.2, 0) is 6.42 Å². The SMILES string of the molecule is C=C/C(=C\Cc1ccc(C)cc1)CC/C=C(\C)CCC=C(C)C. The Kier molecular flexibility index (Phi) is 9.05. The standard InChI is InChI=1S/C23H32/c1-6-22(17-18-23-15-13-21(5)14-16-23)12-8-11-20(4)10-7-9-19(2)3/h6,9,11,13-17H,1,7-8,10,12,18H2,2-5H3/b20-11+,22-17+. The molecular weight excluding hydrogens is 276 g/mol. The van der Waals surface area contributed by atoms with E-state index in [1.54, 1.807) is 0 Å². The molecule has 0 spiro atoms. The summed E-state index contributed by atoms with van der Waals surface area (Å²) in [5, 5.41) is 0. The molecular formula is C23H32. The number of allylic oxidation sites excluding steroid dienone is 7. The lowest BCUT2D eigenvalue weighted by Gasteiger charge is -2.03. The van der Waals surface area contributed by atoms with E-state index >= 15 is 0 Å². The van der Waals surface area contributed by atoms with Gasteiger partial charge in [-0.15, -0.1) is 0 Å². The highest BCUT2D eigenvalue weighted by atomic mass is 14.0. The second-order valence-electron chi connectivity index (χ2n) is 6.58. The van der Waals surface area contributed by atoms with Gasteiger partial charge in [-0.2, -0.15) is 0 Å². The van der Waals surface area contributed by atoms with E-state index in [-0.39, 0.29) is 0 Å². The molecule has 1 aromatic carbocycles. The topological polar surface area (TPSA) is 0 Å². The minimum Gasteiger partial charge on any atom is -0.0988 e. The van der Waals surface area contributed by atoms with Gasteiger partial charge in [0.25, 0.3) is 0 Å². The minimum absolute atomic E-state index is 0.991. The van der Waals surface area contributed by atoms with Gasteiger partial charge in [-0.3, -0.25) is 0 Å². The van der Waals surface area contributed by atoms with E-state index in [9.17, 15) is 0 Å². The van der Waals surface area contributed by atoms with Crippen molar-refractivity contribution in [3.63, 3.8) is 0 Å². The van der Waals surface area contributed by atoms with Gasteiger partial charge in [0.05, 0.1) is 0 Å². The summed E-state index contributed by atoms with van der Waals surface area (Å²) < 4.78 is 0. The molecule has 124 valence electrons. The van der Waals surface area contributed by atoms with Gasteiger partial charge < -0.3 is 0 Å². The maximum atomic E-state index is 3.96. The summed E-state index contributed by atoms with van der Waals surface area (Å²) in [5.41, 5.74) is 6.92. The van der Waals surface area contributed by atoms with Gasteiger partial charge in [0.1, 0.15) is 0 Å². The Bertz CT molecular complexity index is 561. The van der Waals surface area contributed by atoms with Crippen molar-refractivity contribution in [3.05, 3.63) is 83.0 Å². The molecule has 0 heterocycles. The molecule has 0 unspecified atom stereocenters. The quantitative estimate of drug-likeness (QED) is 0.336. The van der Waals surface area contributed by atoms with Gasteiger partial charge in [-0.25, -0.2) is 0 Å². The Morgan fingerprint density at radius 3 is 2.17 bits per heavy atom. The fourth-order valence-corrected chi connectivity index (χ4v) is 2.44. The van der Waals surface area contributed by atoms with Crippen molar-refractivity contribution in [1.82, 2.24) is 0 Å². The van der Waals surface area contributed by atoms with Crippen molar-refractivity contribution < 1.29 is 0 Å². The van der Waals surface area contributed by atoms with E-state index in [0.717, 1.165) is 25.7 Å². The molecule has 0 aliphatic carbocycles. The van der Waals surface area contributed by atoms with Crippen LogP contribution in [0.2, 0.25) is 0 Å². The number of hydrogen-bond donors (Lipinski definition) is 0. The van der Waals surface area contributed by atoms with Crippen LogP contribution in [0.25, 0.3) is 0 Å². The first-order chi connectivity index (χ1) is 11.0. The maximum absolute atomic E-state index is 3.96. The molecule has 0 nitrogen and oxygen atoms in total. The zero-order chi connectivity index (χ0) is 17.1. The first-order valence-corrected chi connectivity index (χ1v) is 8.67. The van der Waals surface area contributed by atoms with Crippen molar-refractivity contribution in [2.45, 2.75) is 59.8 Å². The zero-order valence-electron chi connectivity index (χ0n) is 15.4. The van der Waals surface area contributed by atoms with E-state index in [2.05, 4.69) is 76.8 Å². The van der Waals surface area contributed by atoms with Gasteiger partial charge in [-0.05, 0) is 65.4 Å². The average Bonchev–Trinajstić information content (AvgIpc) is 2.52. The number of rotatable bonds is 9. The first kappa shape index (κ1) is 19.2. The predicted octanol–water partition coefficient (Wildman–Crippen LogP) is 7.12. The lowest BCUT2D eigenvalue weighted by atomic mass is 10.0. The zero-order valence-corrected chi connectivity index (χ0v) is 15.4. The summed E-state index contributed by atoms with van der Waals surface area (Å²) in [5.74, 6) is 0. The van der Waals surface area contributed by atoms with Gasteiger partial charge >= 0.3 is 0 Å². The second-order valence-corrected chi connectivity index (χ2v) is 6.58. The Balaban J connectivity index is 2.43. The van der Waals surface area contributed by atoms with Crippen molar-refractivity contribution in [2.75, 3.05) is 0 Å². The normalized spacial score (nSPS) is 12.2. The third-order valence-corrected chi connectivity index (χ3v) is 4.00. The van der Waals surface area contributed by atoms with Crippen LogP contribution < -0.4 is 0 Å². The van der Waals surface area contributed by atoms with Gasteiger partial charge in [0.2, 0.25) is 0 Å². The molecule has 0 atom stereocenters. The molecule has 0 saturated heterocycles. The van der Waals surface area contributed by atoms with E-state index in [4.69, 9.17) is 0 Å². The van der Waals surface area contributed by atoms with Crippen LogP contribution in [0.15, 0.2) is 71.9 Å². The van der Waals surface area contributed by atoms with Crippen LogP contribution in [0.4, 0.5) is 0 Å². The molecule has 0 aliphatic heterocycles. The Morgan fingerprint density at radius 1 is 0.913 bits per heavy atom. The lowest BCUT2D eigenvalue weighted by Crippen LogP contribution is -1.85. The fraction of sp³-hybridized carbons (Fsp3) is 0.391. The lowest BCUT2D eigenvalue weighted by molar-refractivity contribution is 0.925.